The van der Waals surface area contributed by atoms with Crippen molar-refractivity contribution < 1.29 is 12.8 Å². The van der Waals surface area contributed by atoms with Crippen molar-refractivity contribution in [1.29, 1.82) is 0 Å². The first-order chi connectivity index (χ1) is 10.8. The Morgan fingerprint density at radius 2 is 2.09 bits per heavy atom. The fourth-order valence-corrected chi connectivity index (χ4v) is 4.03. The van der Waals surface area contributed by atoms with Crippen molar-refractivity contribution in [1.82, 2.24) is 10.2 Å². The predicted molar refractivity (Wildman–Crippen MR) is 90.9 cm³/mol. The Labute approximate surface area is 137 Å². The molecule has 1 aromatic carbocycles. The highest BCUT2D eigenvalue weighted by atomic mass is 32.2. The van der Waals surface area contributed by atoms with Crippen LogP contribution in [0.4, 0.5) is 4.39 Å². The second-order valence-corrected chi connectivity index (χ2v) is 9.06. The van der Waals surface area contributed by atoms with Crippen LogP contribution >= 0.6 is 0 Å². The SMILES string of the molecule is CN=C(NCCc1ccccc1F)N1CCS(=O)(=O)C(C)(C)C1. The monoisotopic (exact) mass is 341 g/mol. The minimum absolute atomic E-state index is 0.119. The van der Waals surface area contributed by atoms with Crippen molar-refractivity contribution in [2.24, 2.45) is 4.99 Å². The molecule has 0 spiro atoms. The summed E-state index contributed by atoms with van der Waals surface area (Å²) < 4.78 is 36.9. The van der Waals surface area contributed by atoms with Crippen molar-refractivity contribution in [3.05, 3.63) is 35.6 Å². The van der Waals surface area contributed by atoms with Gasteiger partial charge in [-0.3, -0.25) is 4.99 Å². The first-order valence-electron chi connectivity index (χ1n) is 7.68. The summed E-state index contributed by atoms with van der Waals surface area (Å²) in [5, 5.41) is 3.19. The van der Waals surface area contributed by atoms with Gasteiger partial charge in [0.15, 0.2) is 15.8 Å². The Bertz CT molecular complexity index is 686. The van der Waals surface area contributed by atoms with Crippen LogP contribution < -0.4 is 5.32 Å². The fraction of sp³-hybridized carbons (Fsp3) is 0.562. The van der Waals surface area contributed by atoms with Crippen molar-refractivity contribution in [2.45, 2.75) is 25.0 Å². The van der Waals surface area contributed by atoms with E-state index in [9.17, 15) is 12.8 Å². The van der Waals surface area contributed by atoms with E-state index in [-0.39, 0.29) is 11.6 Å². The molecule has 0 atom stereocenters. The van der Waals surface area contributed by atoms with Gasteiger partial charge in [-0.25, -0.2) is 12.8 Å². The van der Waals surface area contributed by atoms with Gasteiger partial charge in [-0.1, -0.05) is 18.2 Å². The first-order valence-corrected chi connectivity index (χ1v) is 9.33. The van der Waals surface area contributed by atoms with Gasteiger partial charge < -0.3 is 10.2 Å². The third-order valence-corrected chi connectivity index (χ3v) is 6.72. The maximum Gasteiger partial charge on any atom is 0.193 e. The Kier molecular flexibility index (Phi) is 5.29. The van der Waals surface area contributed by atoms with E-state index in [1.807, 2.05) is 11.0 Å². The minimum atomic E-state index is -3.08. The topological polar surface area (TPSA) is 61.8 Å². The summed E-state index contributed by atoms with van der Waals surface area (Å²) in [7, 11) is -1.41. The lowest BCUT2D eigenvalue weighted by Gasteiger charge is -2.39. The molecule has 0 unspecified atom stereocenters. The molecule has 1 heterocycles. The van der Waals surface area contributed by atoms with Crippen LogP contribution in [-0.2, 0) is 16.3 Å². The third-order valence-electron chi connectivity index (χ3n) is 4.19. The number of nitrogens with one attached hydrogen (secondary N) is 1. The van der Waals surface area contributed by atoms with Gasteiger partial charge in [-0.2, -0.15) is 0 Å². The summed E-state index contributed by atoms with van der Waals surface area (Å²) in [6.07, 6.45) is 0.543. The molecule has 0 amide bonds. The molecule has 23 heavy (non-hydrogen) atoms. The van der Waals surface area contributed by atoms with Gasteiger partial charge in [0.05, 0.1) is 10.5 Å². The van der Waals surface area contributed by atoms with E-state index in [0.29, 0.717) is 37.6 Å². The summed E-state index contributed by atoms with van der Waals surface area (Å²) >= 11 is 0. The van der Waals surface area contributed by atoms with Gasteiger partial charge >= 0.3 is 0 Å². The molecule has 1 aliphatic rings. The molecular formula is C16H24FN3O2S. The van der Waals surface area contributed by atoms with Gasteiger partial charge in [0.1, 0.15) is 5.82 Å². The lowest BCUT2D eigenvalue weighted by atomic mass is 10.1. The van der Waals surface area contributed by atoms with Crippen molar-refractivity contribution in [2.75, 3.05) is 32.4 Å². The van der Waals surface area contributed by atoms with E-state index < -0.39 is 14.6 Å². The molecule has 0 bridgehead atoms. The zero-order chi connectivity index (χ0) is 17.1. The molecule has 1 fully saturated rings. The van der Waals surface area contributed by atoms with E-state index in [0.717, 1.165) is 0 Å². The zero-order valence-corrected chi connectivity index (χ0v) is 14.7. The van der Waals surface area contributed by atoms with Crippen LogP contribution in [0.3, 0.4) is 0 Å². The van der Waals surface area contributed by atoms with Crippen LogP contribution in [0.2, 0.25) is 0 Å². The summed E-state index contributed by atoms with van der Waals surface area (Å²) in [5.74, 6) is 0.562. The lowest BCUT2D eigenvalue weighted by molar-refractivity contribution is 0.353. The number of halogens is 1. The lowest BCUT2D eigenvalue weighted by Crippen LogP contribution is -2.57. The molecule has 1 aliphatic heterocycles. The summed E-state index contributed by atoms with van der Waals surface area (Å²) in [4.78, 5) is 6.17. The van der Waals surface area contributed by atoms with E-state index in [2.05, 4.69) is 10.3 Å². The molecule has 0 radical (unpaired) electrons. The summed E-state index contributed by atoms with van der Waals surface area (Å²) in [6, 6.07) is 6.69. The van der Waals surface area contributed by atoms with Gasteiger partial charge in [-0.15, -0.1) is 0 Å². The number of nitrogens with zero attached hydrogens (tertiary/aromatic N) is 2. The molecule has 1 aromatic rings. The van der Waals surface area contributed by atoms with Gasteiger partial charge in [-0.05, 0) is 31.9 Å². The number of sulfone groups is 1. The van der Waals surface area contributed by atoms with Crippen LogP contribution in [0.5, 0.6) is 0 Å². The van der Waals surface area contributed by atoms with Crippen molar-refractivity contribution in [3.8, 4) is 0 Å². The molecule has 7 heteroatoms. The zero-order valence-electron chi connectivity index (χ0n) is 13.8. The Morgan fingerprint density at radius 3 is 2.70 bits per heavy atom. The molecule has 0 aliphatic carbocycles. The first kappa shape index (κ1) is 17.7. The highest BCUT2D eigenvalue weighted by Crippen LogP contribution is 2.23. The smallest absolute Gasteiger partial charge is 0.193 e. The molecule has 0 saturated carbocycles. The maximum atomic E-state index is 13.6. The van der Waals surface area contributed by atoms with E-state index in [4.69, 9.17) is 0 Å². The van der Waals surface area contributed by atoms with Crippen molar-refractivity contribution >= 4 is 15.8 Å². The van der Waals surface area contributed by atoms with Crippen LogP contribution in [0.15, 0.2) is 29.3 Å². The highest BCUT2D eigenvalue weighted by molar-refractivity contribution is 7.92. The number of rotatable bonds is 3. The molecule has 1 N–H and O–H groups in total. The van der Waals surface area contributed by atoms with Crippen LogP contribution in [0, 0.1) is 5.82 Å². The standard InChI is InChI=1S/C16H24FN3O2S/c1-16(2)12-20(10-11-23(16,21)22)15(18-3)19-9-8-13-6-4-5-7-14(13)17/h4-7H,8-12H2,1-3H3,(H,18,19). The number of hydrogen-bond donors (Lipinski definition) is 1. The highest BCUT2D eigenvalue weighted by Gasteiger charge is 2.40. The van der Waals surface area contributed by atoms with E-state index >= 15 is 0 Å². The molecule has 128 valence electrons. The van der Waals surface area contributed by atoms with Gasteiger partial charge in [0.25, 0.3) is 0 Å². The molecule has 5 nitrogen and oxygen atoms in total. The number of aliphatic imine (C=N–C) groups is 1. The minimum Gasteiger partial charge on any atom is -0.356 e. The fourth-order valence-electron chi connectivity index (χ4n) is 2.67. The number of hydrogen-bond acceptors (Lipinski definition) is 3. The molecule has 0 aromatic heterocycles. The number of guanidine groups is 1. The molecule has 1 saturated heterocycles. The largest absolute Gasteiger partial charge is 0.356 e. The predicted octanol–water partition coefficient (Wildman–Crippen LogP) is 1.45. The summed E-state index contributed by atoms with van der Waals surface area (Å²) in [5.41, 5.74) is 0.650. The summed E-state index contributed by atoms with van der Waals surface area (Å²) in [6.45, 7) is 4.83. The quantitative estimate of drug-likeness (QED) is 0.668. The third kappa shape index (κ3) is 4.02. The normalized spacial score (nSPS) is 20.3. The van der Waals surface area contributed by atoms with Crippen LogP contribution in [0.25, 0.3) is 0 Å². The second-order valence-electron chi connectivity index (χ2n) is 6.32. The van der Waals surface area contributed by atoms with Gasteiger partial charge in [0, 0.05) is 26.7 Å². The van der Waals surface area contributed by atoms with E-state index in [1.54, 1.807) is 33.0 Å². The average Bonchev–Trinajstić information content (AvgIpc) is 2.48. The molecule has 2 rings (SSSR count). The Balaban J connectivity index is 1.95. The van der Waals surface area contributed by atoms with Crippen molar-refractivity contribution in [3.63, 3.8) is 0 Å². The molecular weight excluding hydrogens is 317 g/mol. The van der Waals surface area contributed by atoms with E-state index in [1.165, 1.54) is 6.07 Å². The Morgan fingerprint density at radius 1 is 1.39 bits per heavy atom. The number of benzene rings is 1. The van der Waals surface area contributed by atoms with Crippen LogP contribution in [-0.4, -0.2) is 56.5 Å². The Hall–Kier alpha value is -1.63. The second kappa shape index (κ2) is 6.86. The average molecular weight is 341 g/mol. The maximum absolute atomic E-state index is 13.6. The van der Waals surface area contributed by atoms with Crippen LogP contribution in [0.1, 0.15) is 19.4 Å². The van der Waals surface area contributed by atoms with Gasteiger partial charge in [0.2, 0.25) is 0 Å².